The monoisotopic (exact) mass is 552 g/mol. The molecule has 1 aromatic rings. The summed E-state index contributed by atoms with van der Waals surface area (Å²) in [5, 5.41) is 7.85. The van der Waals surface area contributed by atoms with Crippen LogP contribution < -0.4 is 16.0 Å². The van der Waals surface area contributed by atoms with Crippen molar-refractivity contribution in [1.29, 1.82) is 0 Å². The summed E-state index contributed by atoms with van der Waals surface area (Å²) < 4.78 is 5.46. The number of carbonyl (C=O) groups excluding carboxylic acids is 5. The van der Waals surface area contributed by atoms with Crippen LogP contribution in [-0.4, -0.2) is 71.3 Å². The van der Waals surface area contributed by atoms with Crippen molar-refractivity contribution in [2.24, 2.45) is 5.92 Å². The first-order valence-corrected chi connectivity index (χ1v) is 13.7. The highest BCUT2D eigenvalue weighted by molar-refractivity contribution is 6.38. The Balaban J connectivity index is 1.78. The molecule has 4 amide bonds. The minimum absolute atomic E-state index is 0.0515. The standard InChI is InChI=1S/C30H40N4O6/c1-6-11-22(25(35)27(37)31-15-7-2)32-26(36)23-14-10-16-34(23)28(38)24(33-29(39)40-30(3,4)5)21-17-19-12-8-9-13-20(19)18-21/h6-9,12-13,21-24H,1-2,10-11,14-18H2,3-5H3,(H,31,37)(H,32,36)(H,33,39)/t22?,23-,24-/m0/s1. The summed E-state index contributed by atoms with van der Waals surface area (Å²) in [6.07, 6.45) is 4.40. The first kappa shape index (κ1) is 30.6. The fourth-order valence-electron chi connectivity index (χ4n) is 5.20. The number of ketones is 1. The van der Waals surface area contributed by atoms with Gasteiger partial charge in [0.05, 0.1) is 0 Å². The Labute approximate surface area is 235 Å². The fraction of sp³-hybridized carbons (Fsp3) is 0.500. The van der Waals surface area contributed by atoms with Crippen molar-refractivity contribution < 1.29 is 28.7 Å². The molecule has 0 spiro atoms. The van der Waals surface area contributed by atoms with Gasteiger partial charge < -0.3 is 25.6 Å². The lowest BCUT2D eigenvalue weighted by atomic mass is 9.95. The fourth-order valence-corrected chi connectivity index (χ4v) is 5.20. The Morgan fingerprint density at radius 3 is 2.27 bits per heavy atom. The molecule has 1 heterocycles. The molecule has 1 aliphatic carbocycles. The van der Waals surface area contributed by atoms with Gasteiger partial charge in [-0.05, 0) is 69.9 Å². The predicted molar refractivity (Wildman–Crippen MR) is 150 cm³/mol. The number of likely N-dealkylation sites (tertiary alicyclic amines) is 1. The topological polar surface area (TPSA) is 134 Å². The first-order chi connectivity index (χ1) is 18.9. The molecule has 2 aliphatic rings. The maximum Gasteiger partial charge on any atom is 0.408 e. The van der Waals surface area contributed by atoms with E-state index < -0.39 is 47.4 Å². The second-order valence-corrected chi connectivity index (χ2v) is 11.2. The van der Waals surface area contributed by atoms with Crippen molar-refractivity contribution in [3.8, 4) is 0 Å². The lowest BCUT2D eigenvalue weighted by molar-refractivity contribution is -0.143. The van der Waals surface area contributed by atoms with Gasteiger partial charge in [-0.1, -0.05) is 36.4 Å². The van der Waals surface area contributed by atoms with Gasteiger partial charge in [-0.15, -0.1) is 13.2 Å². The number of amides is 4. The van der Waals surface area contributed by atoms with Crippen molar-refractivity contribution >= 4 is 29.6 Å². The third-order valence-electron chi connectivity index (χ3n) is 7.00. The van der Waals surface area contributed by atoms with Gasteiger partial charge in [0.2, 0.25) is 17.6 Å². The van der Waals surface area contributed by atoms with Crippen LogP contribution in [0.5, 0.6) is 0 Å². The van der Waals surface area contributed by atoms with Crippen LogP contribution in [0.4, 0.5) is 4.79 Å². The maximum absolute atomic E-state index is 14.0. The van der Waals surface area contributed by atoms with E-state index in [1.807, 2.05) is 24.3 Å². The molecule has 3 rings (SSSR count). The normalized spacial score (nSPS) is 18.2. The number of hydrogen-bond acceptors (Lipinski definition) is 6. The van der Waals surface area contributed by atoms with Gasteiger partial charge in [0.15, 0.2) is 0 Å². The van der Waals surface area contributed by atoms with E-state index in [4.69, 9.17) is 4.74 Å². The SMILES string of the molecule is C=CCNC(=O)C(=O)C(CC=C)NC(=O)[C@@H]1CCCN1C(=O)[C@@H](NC(=O)OC(C)(C)C)C1Cc2ccccc2C1. The summed E-state index contributed by atoms with van der Waals surface area (Å²) in [5.74, 6) is -2.77. The molecule has 1 saturated heterocycles. The van der Waals surface area contributed by atoms with Crippen LogP contribution in [0.3, 0.4) is 0 Å². The smallest absolute Gasteiger partial charge is 0.408 e. The van der Waals surface area contributed by atoms with Crippen LogP contribution in [0.15, 0.2) is 49.6 Å². The minimum atomic E-state index is -1.12. The van der Waals surface area contributed by atoms with Gasteiger partial charge in [0.1, 0.15) is 23.7 Å². The molecule has 10 nitrogen and oxygen atoms in total. The first-order valence-electron chi connectivity index (χ1n) is 13.7. The van der Waals surface area contributed by atoms with Crippen molar-refractivity contribution in [3.05, 3.63) is 60.7 Å². The number of fused-ring (bicyclic) bond motifs is 1. The summed E-state index contributed by atoms with van der Waals surface area (Å²) in [5.41, 5.74) is 1.48. The lowest BCUT2D eigenvalue weighted by Gasteiger charge is -2.32. The van der Waals surface area contributed by atoms with Gasteiger partial charge in [0, 0.05) is 13.1 Å². The van der Waals surface area contributed by atoms with Crippen molar-refractivity contribution in [2.75, 3.05) is 13.1 Å². The summed E-state index contributed by atoms with van der Waals surface area (Å²) in [6, 6.07) is 5.03. The third-order valence-corrected chi connectivity index (χ3v) is 7.00. The van der Waals surface area contributed by atoms with E-state index >= 15 is 0 Å². The summed E-state index contributed by atoms with van der Waals surface area (Å²) in [6.45, 7) is 12.8. The third kappa shape index (κ3) is 7.80. The Morgan fingerprint density at radius 1 is 1.05 bits per heavy atom. The predicted octanol–water partition coefficient (Wildman–Crippen LogP) is 2.22. The van der Waals surface area contributed by atoms with Crippen LogP contribution in [0.1, 0.15) is 51.2 Å². The molecule has 0 radical (unpaired) electrons. The number of nitrogens with one attached hydrogen (secondary N) is 3. The van der Waals surface area contributed by atoms with Crippen LogP contribution in [-0.2, 0) is 36.8 Å². The highest BCUT2D eigenvalue weighted by Gasteiger charge is 2.43. The number of benzene rings is 1. The van der Waals surface area contributed by atoms with Gasteiger partial charge in [-0.3, -0.25) is 19.2 Å². The highest BCUT2D eigenvalue weighted by atomic mass is 16.6. The molecule has 1 unspecified atom stereocenters. The number of Topliss-reactive ketones (excluding diaryl/α,β-unsaturated/α-hetero) is 1. The molecule has 0 aromatic heterocycles. The van der Waals surface area contributed by atoms with Crippen molar-refractivity contribution in [2.45, 2.75) is 76.6 Å². The second-order valence-electron chi connectivity index (χ2n) is 11.2. The highest BCUT2D eigenvalue weighted by Crippen LogP contribution is 2.31. The molecule has 1 aromatic carbocycles. The van der Waals surface area contributed by atoms with E-state index in [2.05, 4.69) is 29.1 Å². The Morgan fingerprint density at radius 2 is 1.70 bits per heavy atom. The molecule has 10 heteroatoms. The van der Waals surface area contributed by atoms with Gasteiger partial charge in [-0.2, -0.15) is 0 Å². The van der Waals surface area contributed by atoms with E-state index in [0.29, 0.717) is 32.2 Å². The second kappa shape index (κ2) is 13.4. The van der Waals surface area contributed by atoms with Crippen LogP contribution >= 0.6 is 0 Å². The number of ether oxygens (including phenoxy) is 1. The molecule has 40 heavy (non-hydrogen) atoms. The summed E-state index contributed by atoms with van der Waals surface area (Å²) in [7, 11) is 0. The minimum Gasteiger partial charge on any atom is -0.444 e. The van der Waals surface area contributed by atoms with Crippen molar-refractivity contribution in [3.63, 3.8) is 0 Å². The van der Waals surface area contributed by atoms with E-state index in [1.54, 1.807) is 20.8 Å². The zero-order valence-corrected chi connectivity index (χ0v) is 23.5. The Bertz CT molecular complexity index is 1130. The molecule has 3 N–H and O–H groups in total. The number of alkyl carbamates (subject to hydrolysis) is 1. The number of rotatable bonds is 11. The zero-order valence-electron chi connectivity index (χ0n) is 23.5. The Hall–Kier alpha value is -3.95. The molecule has 216 valence electrons. The molecular formula is C30H40N4O6. The van der Waals surface area contributed by atoms with Gasteiger partial charge in [0.25, 0.3) is 5.91 Å². The zero-order chi connectivity index (χ0) is 29.4. The summed E-state index contributed by atoms with van der Waals surface area (Å²) >= 11 is 0. The number of carbonyl (C=O) groups is 5. The summed E-state index contributed by atoms with van der Waals surface area (Å²) in [4.78, 5) is 66.5. The molecule has 1 fully saturated rings. The van der Waals surface area contributed by atoms with Crippen LogP contribution in [0, 0.1) is 5.92 Å². The van der Waals surface area contributed by atoms with Crippen LogP contribution in [0.25, 0.3) is 0 Å². The van der Waals surface area contributed by atoms with Gasteiger partial charge >= 0.3 is 6.09 Å². The lowest BCUT2D eigenvalue weighted by Crippen LogP contribution is -2.58. The molecule has 3 atom stereocenters. The van der Waals surface area contributed by atoms with Crippen LogP contribution in [0.2, 0.25) is 0 Å². The molecule has 0 saturated carbocycles. The van der Waals surface area contributed by atoms with E-state index in [1.165, 1.54) is 17.1 Å². The maximum atomic E-state index is 14.0. The molecule has 1 aliphatic heterocycles. The van der Waals surface area contributed by atoms with Gasteiger partial charge in [-0.25, -0.2) is 4.79 Å². The largest absolute Gasteiger partial charge is 0.444 e. The number of hydrogen-bond donors (Lipinski definition) is 3. The average Bonchev–Trinajstić information content (AvgIpc) is 3.55. The van der Waals surface area contributed by atoms with E-state index in [0.717, 1.165) is 11.1 Å². The average molecular weight is 553 g/mol. The van der Waals surface area contributed by atoms with E-state index in [-0.39, 0.29) is 24.8 Å². The Kier molecular flexibility index (Phi) is 10.3. The quantitative estimate of drug-likeness (QED) is 0.285. The molecular weight excluding hydrogens is 512 g/mol. The number of nitrogens with zero attached hydrogens (tertiary/aromatic N) is 1. The van der Waals surface area contributed by atoms with Crippen molar-refractivity contribution in [1.82, 2.24) is 20.9 Å². The van der Waals surface area contributed by atoms with E-state index in [9.17, 15) is 24.0 Å². The molecule has 0 bridgehead atoms.